The van der Waals surface area contributed by atoms with Gasteiger partial charge in [0.25, 0.3) is 0 Å². The molecule has 0 saturated heterocycles. The van der Waals surface area contributed by atoms with Crippen LogP contribution in [0.15, 0.2) is 10.1 Å². The molecule has 0 unspecified atom stereocenters. The first-order chi connectivity index (χ1) is 9.99. The molecule has 0 saturated carbocycles. The molecule has 1 aromatic rings. The maximum atomic E-state index is 10.6. The lowest BCUT2D eigenvalue weighted by atomic mass is 9.90. The van der Waals surface area contributed by atoms with Gasteiger partial charge in [-0.15, -0.1) is 0 Å². The van der Waals surface area contributed by atoms with Gasteiger partial charge in [-0.05, 0) is 49.9 Å². The zero-order valence-electron chi connectivity index (χ0n) is 13.1. The number of hydrogen-bond acceptors (Lipinski definition) is 6. The Balaban J connectivity index is 2.67. The zero-order valence-corrected chi connectivity index (χ0v) is 13.1. The van der Waals surface area contributed by atoms with E-state index in [0.717, 1.165) is 22.3 Å². The highest BCUT2D eigenvalue weighted by atomic mass is 16.6. The average Bonchev–Trinajstić information content (AvgIpc) is 2.51. The van der Waals surface area contributed by atoms with Gasteiger partial charge < -0.3 is 9.94 Å². The van der Waals surface area contributed by atoms with Gasteiger partial charge in [-0.25, -0.2) is 5.48 Å². The van der Waals surface area contributed by atoms with Crippen LogP contribution in [0.2, 0.25) is 0 Å². The standard InChI is InChI=1S/C15H21N3O3/c1-8-9(2)11(4)14(19)12(10(8)3)13(17-20-5)15-16-6-7-21-18-15/h19H,6-7H2,1-5H3,(H,16,18). The molecule has 1 aromatic carbocycles. The number of amidine groups is 1. The highest BCUT2D eigenvalue weighted by Crippen LogP contribution is 2.32. The van der Waals surface area contributed by atoms with E-state index in [-0.39, 0.29) is 5.75 Å². The average molecular weight is 291 g/mol. The Labute approximate surface area is 124 Å². The second kappa shape index (κ2) is 6.13. The van der Waals surface area contributed by atoms with E-state index < -0.39 is 0 Å². The third kappa shape index (κ3) is 2.71. The van der Waals surface area contributed by atoms with Gasteiger partial charge in [-0.1, -0.05) is 5.16 Å². The molecule has 0 aromatic heterocycles. The number of nitrogens with one attached hydrogen (secondary N) is 1. The summed E-state index contributed by atoms with van der Waals surface area (Å²) in [5.74, 6) is 0.658. The van der Waals surface area contributed by atoms with Crippen molar-refractivity contribution in [3.63, 3.8) is 0 Å². The Morgan fingerprint density at radius 2 is 1.86 bits per heavy atom. The summed E-state index contributed by atoms with van der Waals surface area (Å²) in [6.45, 7) is 8.89. The minimum absolute atomic E-state index is 0.196. The van der Waals surface area contributed by atoms with E-state index in [2.05, 4.69) is 15.6 Å². The third-order valence-electron chi connectivity index (χ3n) is 3.93. The predicted molar refractivity (Wildman–Crippen MR) is 82.0 cm³/mol. The lowest BCUT2D eigenvalue weighted by Gasteiger charge is -2.21. The van der Waals surface area contributed by atoms with Gasteiger partial charge >= 0.3 is 0 Å². The zero-order chi connectivity index (χ0) is 15.6. The van der Waals surface area contributed by atoms with Crippen LogP contribution in [0.3, 0.4) is 0 Å². The SMILES string of the molecule is CON=C(C1=NCCON1)c1c(C)c(C)c(C)c(C)c1O. The molecular formula is C15H21N3O3. The minimum Gasteiger partial charge on any atom is -0.507 e. The van der Waals surface area contributed by atoms with Crippen LogP contribution < -0.4 is 5.48 Å². The van der Waals surface area contributed by atoms with Gasteiger partial charge in [0.05, 0.1) is 18.7 Å². The molecule has 0 atom stereocenters. The number of benzene rings is 1. The number of aromatic hydroxyl groups is 1. The van der Waals surface area contributed by atoms with Gasteiger partial charge in [-0.2, -0.15) is 0 Å². The molecule has 1 aliphatic heterocycles. The molecule has 0 fully saturated rings. The number of nitrogens with zero attached hydrogens (tertiary/aromatic N) is 2. The van der Waals surface area contributed by atoms with Crippen molar-refractivity contribution in [3.05, 3.63) is 27.8 Å². The van der Waals surface area contributed by atoms with E-state index in [0.29, 0.717) is 30.3 Å². The van der Waals surface area contributed by atoms with Crippen molar-refractivity contribution in [2.24, 2.45) is 10.1 Å². The van der Waals surface area contributed by atoms with E-state index in [4.69, 9.17) is 9.68 Å². The first kappa shape index (κ1) is 15.3. The molecule has 1 heterocycles. The molecule has 21 heavy (non-hydrogen) atoms. The van der Waals surface area contributed by atoms with E-state index >= 15 is 0 Å². The molecule has 114 valence electrons. The highest BCUT2D eigenvalue weighted by molar-refractivity contribution is 6.48. The number of phenols is 1. The van der Waals surface area contributed by atoms with Crippen molar-refractivity contribution >= 4 is 11.5 Å². The summed E-state index contributed by atoms with van der Waals surface area (Å²) >= 11 is 0. The first-order valence-electron chi connectivity index (χ1n) is 6.82. The molecule has 0 radical (unpaired) electrons. The maximum Gasteiger partial charge on any atom is 0.175 e. The Hall–Kier alpha value is -2.08. The normalized spacial score (nSPS) is 15.5. The summed E-state index contributed by atoms with van der Waals surface area (Å²) in [6, 6.07) is 0. The van der Waals surface area contributed by atoms with Crippen LogP contribution in [0.1, 0.15) is 27.8 Å². The molecule has 0 aliphatic carbocycles. The van der Waals surface area contributed by atoms with Gasteiger partial charge in [0.2, 0.25) is 0 Å². The van der Waals surface area contributed by atoms with Gasteiger partial charge in [0.15, 0.2) is 11.5 Å². The largest absolute Gasteiger partial charge is 0.507 e. The second-order valence-electron chi connectivity index (χ2n) is 5.03. The Morgan fingerprint density at radius 1 is 1.19 bits per heavy atom. The molecule has 2 rings (SSSR count). The quantitative estimate of drug-likeness (QED) is 0.659. The van der Waals surface area contributed by atoms with Crippen LogP contribution in [0.4, 0.5) is 0 Å². The fourth-order valence-electron chi connectivity index (χ4n) is 2.36. The lowest BCUT2D eigenvalue weighted by Crippen LogP contribution is -2.37. The molecule has 0 bridgehead atoms. The predicted octanol–water partition coefficient (Wildman–Crippen LogP) is 1.91. The van der Waals surface area contributed by atoms with E-state index in [1.807, 2.05) is 27.7 Å². The van der Waals surface area contributed by atoms with Crippen molar-refractivity contribution < 1.29 is 14.8 Å². The van der Waals surface area contributed by atoms with Crippen molar-refractivity contribution in [1.82, 2.24) is 5.48 Å². The minimum atomic E-state index is 0.196. The number of phenolic OH excluding ortho intramolecular Hbond substituents is 1. The van der Waals surface area contributed by atoms with E-state index in [1.165, 1.54) is 7.11 Å². The van der Waals surface area contributed by atoms with Crippen LogP contribution in [-0.4, -0.2) is 36.9 Å². The van der Waals surface area contributed by atoms with Crippen LogP contribution in [0, 0.1) is 27.7 Å². The summed E-state index contributed by atoms with van der Waals surface area (Å²) in [6.07, 6.45) is 0. The molecule has 6 heteroatoms. The number of rotatable bonds is 3. The van der Waals surface area contributed by atoms with E-state index in [1.54, 1.807) is 0 Å². The Bertz CT molecular complexity index is 592. The number of hydroxylamine groups is 1. The smallest absolute Gasteiger partial charge is 0.175 e. The van der Waals surface area contributed by atoms with Crippen molar-refractivity contribution in [1.29, 1.82) is 0 Å². The maximum absolute atomic E-state index is 10.6. The second-order valence-corrected chi connectivity index (χ2v) is 5.03. The molecule has 2 N–H and O–H groups in total. The molecule has 0 spiro atoms. The molecule has 1 aliphatic rings. The summed E-state index contributed by atoms with van der Waals surface area (Å²) in [5.41, 5.74) is 7.76. The number of hydrogen-bond donors (Lipinski definition) is 2. The van der Waals surface area contributed by atoms with Crippen molar-refractivity contribution in [2.75, 3.05) is 20.3 Å². The Morgan fingerprint density at radius 3 is 2.43 bits per heavy atom. The molecule has 6 nitrogen and oxygen atoms in total. The summed E-state index contributed by atoms with van der Waals surface area (Å²) in [4.78, 5) is 14.5. The van der Waals surface area contributed by atoms with E-state index in [9.17, 15) is 5.11 Å². The molecular weight excluding hydrogens is 270 g/mol. The number of aliphatic imine (C=N–C) groups is 1. The van der Waals surface area contributed by atoms with Gasteiger partial charge in [0, 0.05) is 0 Å². The molecule has 0 amide bonds. The topological polar surface area (TPSA) is 75.4 Å². The van der Waals surface area contributed by atoms with Crippen molar-refractivity contribution in [2.45, 2.75) is 27.7 Å². The summed E-state index contributed by atoms with van der Waals surface area (Å²) in [5, 5.41) is 14.6. The summed E-state index contributed by atoms with van der Waals surface area (Å²) in [7, 11) is 1.46. The summed E-state index contributed by atoms with van der Waals surface area (Å²) < 4.78 is 0. The third-order valence-corrected chi connectivity index (χ3v) is 3.93. The lowest BCUT2D eigenvalue weighted by molar-refractivity contribution is 0.0836. The van der Waals surface area contributed by atoms with Crippen LogP contribution >= 0.6 is 0 Å². The first-order valence-corrected chi connectivity index (χ1v) is 6.82. The van der Waals surface area contributed by atoms with Gasteiger partial charge in [0.1, 0.15) is 12.9 Å². The highest BCUT2D eigenvalue weighted by Gasteiger charge is 2.24. The van der Waals surface area contributed by atoms with Crippen LogP contribution in [0.25, 0.3) is 0 Å². The van der Waals surface area contributed by atoms with Crippen LogP contribution in [-0.2, 0) is 9.68 Å². The van der Waals surface area contributed by atoms with Gasteiger partial charge in [-0.3, -0.25) is 9.83 Å². The Kier molecular flexibility index (Phi) is 4.47. The monoisotopic (exact) mass is 291 g/mol. The fourth-order valence-corrected chi connectivity index (χ4v) is 2.36. The van der Waals surface area contributed by atoms with Crippen LogP contribution in [0.5, 0.6) is 5.75 Å². The fraction of sp³-hybridized carbons (Fsp3) is 0.467. The number of oxime groups is 1. The van der Waals surface area contributed by atoms with Crippen molar-refractivity contribution in [3.8, 4) is 5.75 Å².